The van der Waals surface area contributed by atoms with Crippen molar-refractivity contribution in [1.29, 1.82) is 0 Å². The fourth-order valence-electron chi connectivity index (χ4n) is 3.49. The smallest absolute Gasteiger partial charge is 0.224 e. The maximum absolute atomic E-state index is 12.4. The first-order chi connectivity index (χ1) is 12.5. The highest BCUT2D eigenvalue weighted by Crippen LogP contribution is 2.31. The molecule has 2 atom stereocenters. The number of hydrogen-bond donors (Lipinski definition) is 1. The zero-order valence-electron chi connectivity index (χ0n) is 15.6. The van der Waals surface area contributed by atoms with Crippen LogP contribution in [0.25, 0.3) is 0 Å². The van der Waals surface area contributed by atoms with Gasteiger partial charge in [-0.2, -0.15) is 0 Å². The average Bonchev–Trinajstić information content (AvgIpc) is 3.12. The molecule has 0 aromatic heterocycles. The van der Waals surface area contributed by atoms with E-state index in [0.717, 1.165) is 43.2 Å². The van der Waals surface area contributed by atoms with E-state index in [1.807, 2.05) is 37.1 Å². The predicted octanol–water partition coefficient (Wildman–Crippen LogP) is 2.47. The van der Waals surface area contributed by atoms with Crippen molar-refractivity contribution < 1.29 is 19.1 Å². The molecule has 2 unspecified atom stereocenters. The van der Waals surface area contributed by atoms with Gasteiger partial charge in [-0.15, -0.1) is 0 Å². The molecule has 1 aromatic rings. The summed E-state index contributed by atoms with van der Waals surface area (Å²) in [6.07, 6.45) is 2.68. The number of rotatable bonds is 7. The molecule has 0 aliphatic carbocycles. The van der Waals surface area contributed by atoms with E-state index in [-0.39, 0.29) is 17.7 Å². The summed E-state index contributed by atoms with van der Waals surface area (Å²) in [6, 6.07) is 5.71. The van der Waals surface area contributed by atoms with E-state index < -0.39 is 0 Å². The summed E-state index contributed by atoms with van der Waals surface area (Å²) in [7, 11) is 1.87. The topological polar surface area (TPSA) is 67.9 Å². The van der Waals surface area contributed by atoms with Gasteiger partial charge in [-0.3, -0.25) is 9.59 Å². The van der Waals surface area contributed by atoms with Crippen molar-refractivity contribution in [2.75, 3.05) is 38.7 Å². The molecule has 26 heavy (non-hydrogen) atoms. The molecule has 6 nitrogen and oxygen atoms in total. The van der Waals surface area contributed by atoms with Gasteiger partial charge in [-0.25, -0.2) is 0 Å². The molecule has 0 radical (unpaired) electrons. The number of carbonyl (C=O) groups excluding carboxylic acids is 2. The Labute approximate surface area is 154 Å². The highest BCUT2D eigenvalue weighted by Gasteiger charge is 2.22. The van der Waals surface area contributed by atoms with E-state index in [1.54, 1.807) is 0 Å². The summed E-state index contributed by atoms with van der Waals surface area (Å²) < 4.78 is 11.3. The number of benzene rings is 1. The molecule has 142 valence electrons. The first kappa shape index (κ1) is 18.7. The minimum atomic E-state index is 0.0457. The van der Waals surface area contributed by atoms with Crippen LogP contribution in [0.4, 0.5) is 5.69 Å². The SMILES string of the molecule is CC(COc1cccc2c1CCC(=O)N2)CC(=O)N(C)CC1CCOC1. The molecular formula is C20H28N2O4. The van der Waals surface area contributed by atoms with Crippen molar-refractivity contribution in [1.82, 2.24) is 4.90 Å². The maximum atomic E-state index is 12.4. The lowest BCUT2D eigenvalue weighted by Crippen LogP contribution is -2.33. The van der Waals surface area contributed by atoms with E-state index in [2.05, 4.69) is 5.32 Å². The second kappa shape index (κ2) is 8.54. The Bertz CT molecular complexity index is 655. The van der Waals surface area contributed by atoms with Gasteiger partial charge in [-0.1, -0.05) is 13.0 Å². The van der Waals surface area contributed by atoms with Gasteiger partial charge in [0.25, 0.3) is 0 Å². The first-order valence-corrected chi connectivity index (χ1v) is 9.39. The summed E-state index contributed by atoms with van der Waals surface area (Å²) in [5.74, 6) is 1.58. The van der Waals surface area contributed by atoms with E-state index in [4.69, 9.17) is 9.47 Å². The Morgan fingerprint density at radius 2 is 2.27 bits per heavy atom. The maximum Gasteiger partial charge on any atom is 0.224 e. The lowest BCUT2D eigenvalue weighted by Gasteiger charge is -2.23. The third-order valence-electron chi connectivity index (χ3n) is 5.04. The lowest BCUT2D eigenvalue weighted by atomic mass is 10.0. The van der Waals surface area contributed by atoms with Crippen LogP contribution >= 0.6 is 0 Å². The van der Waals surface area contributed by atoms with Gasteiger partial charge in [0, 0.05) is 50.2 Å². The molecule has 3 rings (SSSR count). The summed E-state index contributed by atoms with van der Waals surface area (Å²) in [6.45, 7) is 4.83. The number of carbonyl (C=O) groups is 2. The number of nitrogens with one attached hydrogen (secondary N) is 1. The summed E-state index contributed by atoms with van der Waals surface area (Å²) in [4.78, 5) is 25.7. The van der Waals surface area contributed by atoms with Crippen molar-refractivity contribution in [2.24, 2.45) is 11.8 Å². The van der Waals surface area contributed by atoms with Crippen LogP contribution in [0.5, 0.6) is 5.75 Å². The monoisotopic (exact) mass is 360 g/mol. The normalized spacial score (nSPS) is 20.2. The molecule has 1 N–H and O–H groups in total. The minimum absolute atomic E-state index is 0.0457. The van der Waals surface area contributed by atoms with E-state index in [1.165, 1.54) is 0 Å². The van der Waals surface area contributed by atoms with E-state index in [0.29, 0.717) is 31.8 Å². The average molecular weight is 360 g/mol. The number of amides is 2. The van der Waals surface area contributed by atoms with Crippen LogP contribution < -0.4 is 10.1 Å². The molecule has 2 amide bonds. The van der Waals surface area contributed by atoms with Crippen molar-refractivity contribution in [3.05, 3.63) is 23.8 Å². The molecule has 0 spiro atoms. The van der Waals surface area contributed by atoms with Crippen LogP contribution in [0.2, 0.25) is 0 Å². The second-order valence-electron chi connectivity index (χ2n) is 7.45. The van der Waals surface area contributed by atoms with Crippen LogP contribution in [-0.2, 0) is 20.7 Å². The number of fused-ring (bicyclic) bond motifs is 1. The molecule has 1 fully saturated rings. The van der Waals surface area contributed by atoms with Crippen molar-refractivity contribution in [3.63, 3.8) is 0 Å². The molecule has 2 heterocycles. The van der Waals surface area contributed by atoms with Gasteiger partial charge >= 0.3 is 0 Å². The Morgan fingerprint density at radius 1 is 1.42 bits per heavy atom. The lowest BCUT2D eigenvalue weighted by molar-refractivity contribution is -0.131. The molecule has 6 heteroatoms. The van der Waals surface area contributed by atoms with Gasteiger partial charge in [0.15, 0.2) is 0 Å². The third kappa shape index (κ3) is 4.75. The quantitative estimate of drug-likeness (QED) is 0.811. The fourth-order valence-corrected chi connectivity index (χ4v) is 3.49. The standard InChI is InChI=1S/C20H28N2O4/c1-14(10-20(24)22(2)11-15-8-9-25-13-15)12-26-18-5-3-4-17-16(18)6-7-19(23)21-17/h3-5,14-15H,6-13H2,1-2H3,(H,21,23). The summed E-state index contributed by atoms with van der Waals surface area (Å²) in [5, 5.41) is 2.88. The second-order valence-corrected chi connectivity index (χ2v) is 7.45. The number of anilines is 1. The number of nitrogens with zero attached hydrogens (tertiary/aromatic N) is 1. The Hall–Kier alpha value is -2.08. The molecule has 2 aliphatic rings. The van der Waals surface area contributed by atoms with Crippen LogP contribution in [0.3, 0.4) is 0 Å². The van der Waals surface area contributed by atoms with Crippen LogP contribution in [0, 0.1) is 11.8 Å². The summed E-state index contributed by atoms with van der Waals surface area (Å²) >= 11 is 0. The third-order valence-corrected chi connectivity index (χ3v) is 5.04. The van der Waals surface area contributed by atoms with Gasteiger partial charge in [-0.05, 0) is 30.9 Å². The highest BCUT2D eigenvalue weighted by molar-refractivity contribution is 5.94. The minimum Gasteiger partial charge on any atom is -0.493 e. The molecule has 1 saturated heterocycles. The molecule has 0 saturated carbocycles. The Balaban J connectivity index is 1.48. The number of ether oxygens (including phenoxy) is 2. The molecule has 0 bridgehead atoms. The van der Waals surface area contributed by atoms with Crippen LogP contribution in [0.1, 0.15) is 31.7 Å². The fraction of sp³-hybridized carbons (Fsp3) is 0.600. The van der Waals surface area contributed by atoms with Crippen LogP contribution in [0.15, 0.2) is 18.2 Å². The van der Waals surface area contributed by atoms with E-state index >= 15 is 0 Å². The van der Waals surface area contributed by atoms with Gasteiger partial charge in [0.1, 0.15) is 5.75 Å². The molecule has 1 aromatic carbocycles. The van der Waals surface area contributed by atoms with Gasteiger partial charge < -0.3 is 19.7 Å². The highest BCUT2D eigenvalue weighted by atomic mass is 16.5. The Morgan fingerprint density at radius 3 is 3.04 bits per heavy atom. The number of hydrogen-bond acceptors (Lipinski definition) is 4. The molecule has 2 aliphatic heterocycles. The van der Waals surface area contributed by atoms with Crippen LogP contribution in [-0.4, -0.2) is 50.1 Å². The van der Waals surface area contributed by atoms with Crippen molar-refractivity contribution in [2.45, 2.75) is 32.6 Å². The largest absolute Gasteiger partial charge is 0.493 e. The van der Waals surface area contributed by atoms with E-state index in [9.17, 15) is 9.59 Å². The van der Waals surface area contributed by atoms with Gasteiger partial charge in [0.2, 0.25) is 11.8 Å². The zero-order chi connectivity index (χ0) is 18.5. The van der Waals surface area contributed by atoms with Gasteiger partial charge in [0.05, 0.1) is 13.2 Å². The van der Waals surface area contributed by atoms with Crippen molar-refractivity contribution >= 4 is 17.5 Å². The Kier molecular flexibility index (Phi) is 6.14. The molecular weight excluding hydrogens is 332 g/mol. The summed E-state index contributed by atoms with van der Waals surface area (Å²) in [5.41, 5.74) is 1.88. The van der Waals surface area contributed by atoms with Crippen molar-refractivity contribution in [3.8, 4) is 5.75 Å². The zero-order valence-corrected chi connectivity index (χ0v) is 15.6. The predicted molar refractivity (Wildman–Crippen MR) is 99.2 cm³/mol. The first-order valence-electron chi connectivity index (χ1n) is 9.39.